The topological polar surface area (TPSA) is 27.7 Å². The smallest absolute Gasteiger partial charge is 0.0853 e. The summed E-state index contributed by atoms with van der Waals surface area (Å²) < 4.78 is 0. The molecule has 0 radical (unpaired) electrons. The van der Waals surface area contributed by atoms with Crippen LogP contribution in [0.25, 0.3) is 0 Å². The summed E-state index contributed by atoms with van der Waals surface area (Å²) in [5.41, 5.74) is 0. The summed E-state index contributed by atoms with van der Waals surface area (Å²) in [6.07, 6.45) is 5.53. The van der Waals surface area contributed by atoms with E-state index in [1.807, 2.05) is 0 Å². The Balaban J connectivity index is 2.73. The van der Waals surface area contributed by atoms with Crippen LogP contribution in [0.1, 0.15) is 46.0 Å². The van der Waals surface area contributed by atoms with Crippen molar-refractivity contribution in [3.8, 4) is 0 Å². The van der Waals surface area contributed by atoms with E-state index in [1.54, 1.807) is 0 Å². The highest BCUT2D eigenvalue weighted by Gasteiger charge is 1.89. The molecule has 0 saturated heterocycles. The first-order chi connectivity index (χ1) is 5.91. The van der Waals surface area contributed by atoms with Crippen molar-refractivity contribution >= 4 is 0 Å². The normalized spacial score (nSPS) is 10.5. The quantitative estimate of drug-likeness (QED) is 0.307. The van der Waals surface area contributed by atoms with Crippen LogP contribution in [0.4, 0.5) is 0 Å². The maximum atomic E-state index is 4.76. The lowest BCUT2D eigenvalue weighted by Crippen LogP contribution is -1.99. The molecule has 0 amide bonds. The monoisotopic (exact) mass is 176 g/mol. The van der Waals surface area contributed by atoms with E-state index >= 15 is 0 Å². The van der Waals surface area contributed by atoms with E-state index in [0.29, 0.717) is 13.2 Å². The van der Waals surface area contributed by atoms with Crippen molar-refractivity contribution in [2.24, 2.45) is 0 Å². The van der Waals surface area contributed by atoms with Crippen molar-refractivity contribution < 1.29 is 14.8 Å². The van der Waals surface area contributed by atoms with Crippen LogP contribution in [-0.4, -0.2) is 13.2 Å². The standard InChI is InChI=1S/C9H20O3/c1-3-5-7-9-11-12-10-8-6-4-2/h3-9H2,1-2H3. The van der Waals surface area contributed by atoms with Crippen LogP contribution < -0.4 is 0 Å². The summed E-state index contributed by atoms with van der Waals surface area (Å²) >= 11 is 0. The van der Waals surface area contributed by atoms with Gasteiger partial charge in [-0.25, -0.2) is 9.78 Å². The zero-order valence-electron chi connectivity index (χ0n) is 8.17. The van der Waals surface area contributed by atoms with E-state index in [-0.39, 0.29) is 0 Å². The van der Waals surface area contributed by atoms with Crippen LogP contribution in [0.2, 0.25) is 0 Å². The first-order valence-electron chi connectivity index (χ1n) is 4.82. The van der Waals surface area contributed by atoms with Crippen LogP contribution in [0.3, 0.4) is 0 Å². The Hall–Kier alpha value is -0.120. The van der Waals surface area contributed by atoms with Crippen molar-refractivity contribution in [1.29, 1.82) is 0 Å². The lowest BCUT2D eigenvalue weighted by atomic mass is 10.3. The van der Waals surface area contributed by atoms with Crippen molar-refractivity contribution in [3.05, 3.63) is 0 Å². The van der Waals surface area contributed by atoms with Gasteiger partial charge >= 0.3 is 0 Å². The summed E-state index contributed by atoms with van der Waals surface area (Å²) in [4.78, 5) is 9.49. The molecule has 0 N–H and O–H groups in total. The van der Waals surface area contributed by atoms with Crippen molar-refractivity contribution in [1.82, 2.24) is 0 Å². The van der Waals surface area contributed by atoms with Crippen molar-refractivity contribution in [2.75, 3.05) is 13.2 Å². The van der Waals surface area contributed by atoms with E-state index in [0.717, 1.165) is 19.3 Å². The average Bonchev–Trinajstić information content (AvgIpc) is 2.10. The molecule has 0 aromatic rings. The van der Waals surface area contributed by atoms with Crippen LogP contribution in [0.5, 0.6) is 0 Å². The average molecular weight is 176 g/mol. The fraction of sp³-hybridized carbons (Fsp3) is 1.00. The summed E-state index contributed by atoms with van der Waals surface area (Å²) in [6, 6.07) is 0. The zero-order valence-corrected chi connectivity index (χ0v) is 8.17. The van der Waals surface area contributed by atoms with Crippen LogP contribution in [-0.2, 0) is 14.8 Å². The Bertz CT molecular complexity index is 66.2. The number of hydrogen-bond donors (Lipinski definition) is 0. The maximum absolute atomic E-state index is 4.76. The maximum Gasteiger partial charge on any atom is 0.0853 e. The van der Waals surface area contributed by atoms with Gasteiger partial charge in [-0.1, -0.05) is 38.1 Å². The van der Waals surface area contributed by atoms with Gasteiger partial charge in [0.15, 0.2) is 0 Å². The molecule has 0 atom stereocenters. The highest BCUT2D eigenvalue weighted by molar-refractivity contribution is 4.32. The van der Waals surface area contributed by atoms with Gasteiger partial charge < -0.3 is 0 Å². The number of unbranched alkanes of at least 4 members (excludes halogenated alkanes) is 3. The summed E-state index contributed by atoms with van der Waals surface area (Å²) in [7, 11) is 0. The highest BCUT2D eigenvalue weighted by atomic mass is 17.5. The molecule has 0 saturated carbocycles. The van der Waals surface area contributed by atoms with Crippen LogP contribution in [0, 0.1) is 0 Å². The Kier molecular flexibility index (Phi) is 10.8. The third-order valence-corrected chi connectivity index (χ3v) is 1.51. The van der Waals surface area contributed by atoms with Gasteiger partial charge in [0.05, 0.1) is 13.2 Å². The SMILES string of the molecule is CCCCCOOOCCCC. The van der Waals surface area contributed by atoms with E-state index in [2.05, 4.69) is 18.9 Å². The lowest BCUT2D eigenvalue weighted by molar-refractivity contribution is -0.512. The summed E-state index contributed by atoms with van der Waals surface area (Å²) in [5.74, 6) is 0. The van der Waals surface area contributed by atoms with Gasteiger partial charge in [0.1, 0.15) is 0 Å². The summed E-state index contributed by atoms with van der Waals surface area (Å²) in [5, 5.41) is 4.48. The minimum Gasteiger partial charge on any atom is -0.206 e. The Labute approximate surface area is 74.9 Å². The number of hydrogen-bond acceptors (Lipinski definition) is 3. The molecule has 12 heavy (non-hydrogen) atoms. The minimum absolute atomic E-state index is 0.615. The molecule has 0 heterocycles. The van der Waals surface area contributed by atoms with Gasteiger partial charge in [0.25, 0.3) is 0 Å². The highest BCUT2D eigenvalue weighted by Crippen LogP contribution is 1.95. The molecule has 0 spiro atoms. The van der Waals surface area contributed by atoms with Gasteiger partial charge in [0, 0.05) is 0 Å². The molecular weight excluding hydrogens is 156 g/mol. The Morgan fingerprint density at radius 2 is 1.33 bits per heavy atom. The molecule has 0 rings (SSSR count). The van der Waals surface area contributed by atoms with Crippen LogP contribution in [0.15, 0.2) is 0 Å². The largest absolute Gasteiger partial charge is 0.206 e. The minimum atomic E-state index is 0.615. The van der Waals surface area contributed by atoms with Crippen molar-refractivity contribution in [3.63, 3.8) is 0 Å². The van der Waals surface area contributed by atoms with Gasteiger partial charge in [-0.2, -0.15) is 0 Å². The molecule has 74 valence electrons. The molecule has 3 nitrogen and oxygen atoms in total. The molecule has 0 aliphatic carbocycles. The molecule has 3 heteroatoms. The second-order valence-electron chi connectivity index (χ2n) is 2.77. The van der Waals surface area contributed by atoms with E-state index in [1.165, 1.54) is 12.8 Å². The van der Waals surface area contributed by atoms with Gasteiger partial charge in [-0.15, -0.1) is 0 Å². The Morgan fingerprint density at radius 3 is 1.92 bits per heavy atom. The number of rotatable bonds is 9. The van der Waals surface area contributed by atoms with Gasteiger partial charge in [-0.3, -0.25) is 0 Å². The van der Waals surface area contributed by atoms with E-state index in [9.17, 15) is 0 Å². The summed E-state index contributed by atoms with van der Waals surface area (Å²) in [6.45, 7) is 5.49. The molecular formula is C9H20O3. The molecule has 0 aromatic heterocycles. The zero-order chi connectivity index (χ0) is 9.07. The first kappa shape index (κ1) is 11.9. The van der Waals surface area contributed by atoms with Gasteiger partial charge in [-0.05, 0) is 12.8 Å². The molecule has 0 fully saturated rings. The lowest BCUT2D eigenvalue weighted by Gasteiger charge is -2.01. The predicted octanol–water partition coefficient (Wildman–Crippen LogP) is 2.86. The first-order valence-corrected chi connectivity index (χ1v) is 4.82. The molecule has 0 aliphatic rings. The predicted molar refractivity (Wildman–Crippen MR) is 47.4 cm³/mol. The second kappa shape index (κ2) is 10.9. The molecule has 0 bridgehead atoms. The fourth-order valence-electron chi connectivity index (χ4n) is 0.716. The Morgan fingerprint density at radius 1 is 0.750 bits per heavy atom. The van der Waals surface area contributed by atoms with E-state index in [4.69, 9.17) is 9.78 Å². The molecule has 0 aliphatic heterocycles. The third-order valence-electron chi connectivity index (χ3n) is 1.51. The third kappa shape index (κ3) is 9.88. The molecule has 0 aromatic carbocycles. The van der Waals surface area contributed by atoms with Crippen LogP contribution >= 0.6 is 0 Å². The second-order valence-corrected chi connectivity index (χ2v) is 2.77. The van der Waals surface area contributed by atoms with Gasteiger partial charge in [0.2, 0.25) is 0 Å². The van der Waals surface area contributed by atoms with E-state index < -0.39 is 0 Å². The van der Waals surface area contributed by atoms with Crippen molar-refractivity contribution in [2.45, 2.75) is 46.0 Å². The molecule has 0 unspecified atom stereocenters. The fourth-order valence-corrected chi connectivity index (χ4v) is 0.716.